The van der Waals surface area contributed by atoms with Crippen molar-refractivity contribution in [3.8, 4) is 0 Å². The van der Waals surface area contributed by atoms with Crippen molar-refractivity contribution in [3.63, 3.8) is 0 Å². The fourth-order valence-electron chi connectivity index (χ4n) is 3.57. The lowest BCUT2D eigenvalue weighted by Crippen LogP contribution is -2.46. The lowest BCUT2D eigenvalue weighted by molar-refractivity contribution is -0.120. The van der Waals surface area contributed by atoms with Gasteiger partial charge in [-0.15, -0.1) is 0 Å². The van der Waals surface area contributed by atoms with Crippen LogP contribution in [0, 0.1) is 11.6 Å². The van der Waals surface area contributed by atoms with Gasteiger partial charge in [0.25, 0.3) is 5.91 Å². The SMILES string of the molecule is CCN(C)Sc1ccc(Nc2ncc3c(n2)N(C)C(c2c(F)cccc2F)C(=O)N3C)cc1. The second-order valence-electron chi connectivity index (χ2n) is 7.63. The van der Waals surface area contributed by atoms with Crippen LogP contribution in [0.1, 0.15) is 18.5 Å². The first kappa shape index (κ1) is 22.9. The fraction of sp³-hybridized carbons (Fsp3) is 0.261. The maximum absolute atomic E-state index is 14.5. The molecular weight excluding hydrogens is 446 g/mol. The van der Waals surface area contributed by atoms with E-state index in [0.29, 0.717) is 17.5 Å². The lowest BCUT2D eigenvalue weighted by atomic mass is 10.0. The Morgan fingerprint density at radius 2 is 1.79 bits per heavy atom. The lowest BCUT2D eigenvalue weighted by Gasteiger charge is -2.38. The molecule has 172 valence electrons. The second kappa shape index (κ2) is 9.32. The summed E-state index contributed by atoms with van der Waals surface area (Å²) >= 11 is 1.65. The highest BCUT2D eigenvalue weighted by atomic mass is 32.2. The van der Waals surface area contributed by atoms with Gasteiger partial charge in [-0.25, -0.2) is 18.1 Å². The van der Waals surface area contributed by atoms with Gasteiger partial charge >= 0.3 is 0 Å². The van der Waals surface area contributed by atoms with Crippen LogP contribution >= 0.6 is 11.9 Å². The highest BCUT2D eigenvalue weighted by Crippen LogP contribution is 2.40. The van der Waals surface area contributed by atoms with Crippen molar-refractivity contribution in [2.45, 2.75) is 17.9 Å². The van der Waals surface area contributed by atoms with Crippen LogP contribution in [0.5, 0.6) is 0 Å². The summed E-state index contributed by atoms with van der Waals surface area (Å²) in [5, 5.41) is 3.15. The van der Waals surface area contributed by atoms with Crippen molar-refractivity contribution in [2.75, 3.05) is 42.8 Å². The maximum Gasteiger partial charge on any atom is 0.254 e. The summed E-state index contributed by atoms with van der Waals surface area (Å²) in [5.74, 6) is -1.34. The highest BCUT2D eigenvalue weighted by molar-refractivity contribution is 7.97. The van der Waals surface area contributed by atoms with E-state index in [-0.39, 0.29) is 5.56 Å². The standard InChI is InChI=1S/C23H24F2N6OS/c1-5-29(2)33-15-11-9-14(10-12-15)27-23-26-13-18-21(28-23)31(4)20(22(32)30(18)3)19-16(24)7-6-8-17(19)25/h6-13,20H,5H2,1-4H3,(H,26,27,28). The molecular formula is C23H24F2N6OS. The average Bonchev–Trinajstić information content (AvgIpc) is 2.80. The fourth-order valence-corrected chi connectivity index (χ4v) is 4.32. The molecule has 0 fully saturated rings. The molecule has 33 heavy (non-hydrogen) atoms. The Labute approximate surface area is 195 Å². The summed E-state index contributed by atoms with van der Waals surface area (Å²) in [6, 6.07) is 10.2. The molecule has 0 aliphatic carbocycles. The Morgan fingerprint density at radius 1 is 1.12 bits per heavy atom. The summed E-state index contributed by atoms with van der Waals surface area (Å²) in [5.41, 5.74) is 0.939. The van der Waals surface area contributed by atoms with E-state index in [1.54, 1.807) is 26.0 Å². The predicted molar refractivity (Wildman–Crippen MR) is 127 cm³/mol. The van der Waals surface area contributed by atoms with Crippen molar-refractivity contribution in [1.29, 1.82) is 0 Å². The van der Waals surface area contributed by atoms with Gasteiger partial charge in [0.15, 0.2) is 5.82 Å². The van der Waals surface area contributed by atoms with E-state index < -0.39 is 23.6 Å². The molecule has 1 aliphatic rings. The van der Waals surface area contributed by atoms with Crippen LogP contribution in [-0.4, -0.2) is 47.9 Å². The summed E-state index contributed by atoms with van der Waals surface area (Å²) in [7, 11) is 5.16. The largest absolute Gasteiger partial charge is 0.342 e. The summed E-state index contributed by atoms with van der Waals surface area (Å²) in [6.07, 6.45) is 1.52. The van der Waals surface area contributed by atoms with E-state index in [2.05, 4.69) is 26.5 Å². The van der Waals surface area contributed by atoms with E-state index in [1.165, 1.54) is 22.1 Å². The molecule has 1 atom stereocenters. The van der Waals surface area contributed by atoms with E-state index in [9.17, 15) is 13.6 Å². The maximum atomic E-state index is 14.5. The average molecular weight is 471 g/mol. The van der Waals surface area contributed by atoms with E-state index in [4.69, 9.17) is 0 Å². The second-order valence-corrected chi connectivity index (χ2v) is 8.91. The zero-order valence-electron chi connectivity index (χ0n) is 18.7. The van der Waals surface area contributed by atoms with Crippen LogP contribution in [0.15, 0.2) is 53.6 Å². The third kappa shape index (κ3) is 4.49. The molecule has 0 bridgehead atoms. The van der Waals surface area contributed by atoms with E-state index in [0.717, 1.165) is 29.3 Å². The molecule has 4 rings (SSSR count). The quantitative estimate of drug-likeness (QED) is 0.528. The molecule has 1 unspecified atom stereocenters. The van der Waals surface area contributed by atoms with E-state index in [1.807, 2.05) is 31.3 Å². The highest BCUT2D eigenvalue weighted by Gasteiger charge is 2.40. The number of carbonyl (C=O) groups is 1. The smallest absolute Gasteiger partial charge is 0.254 e. The first-order chi connectivity index (χ1) is 15.8. The molecule has 1 aromatic heterocycles. The predicted octanol–water partition coefficient (Wildman–Crippen LogP) is 4.61. The van der Waals surface area contributed by atoms with Gasteiger partial charge in [0.1, 0.15) is 23.4 Å². The molecule has 2 aromatic carbocycles. The Morgan fingerprint density at radius 3 is 2.42 bits per heavy atom. The number of carbonyl (C=O) groups excluding carboxylic acids is 1. The monoisotopic (exact) mass is 470 g/mol. The van der Waals surface area contributed by atoms with Crippen molar-refractivity contribution < 1.29 is 13.6 Å². The Kier molecular flexibility index (Phi) is 6.48. The molecule has 2 heterocycles. The van der Waals surface area contributed by atoms with Gasteiger partial charge in [0.2, 0.25) is 5.95 Å². The molecule has 0 saturated carbocycles. The molecule has 1 aliphatic heterocycles. The first-order valence-electron chi connectivity index (χ1n) is 10.4. The third-order valence-corrected chi connectivity index (χ3v) is 6.54. The molecule has 0 spiro atoms. The molecule has 1 N–H and O–H groups in total. The summed E-state index contributed by atoms with van der Waals surface area (Å²) in [4.78, 5) is 25.8. The molecule has 0 radical (unpaired) electrons. The number of aromatic nitrogens is 2. The normalized spacial score (nSPS) is 15.7. The minimum atomic E-state index is -1.18. The molecule has 1 amide bonds. The molecule has 10 heteroatoms. The number of nitrogens with one attached hydrogen (secondary N) is 1. The first-order valence-corrected chi connectivity index (χ1v) is 11.1. The van der Waals surface area contributed by atoms with Gasteiger partial charge in [-0.05, 0) is 55.4 Å². The van der Waals surface area contributed by atoms with Crippen LogP contribution in [-0.2, 0) is 4.79 Å². The van der Waals surface area contributed by atoms with Gasteiger partial charge in [0, 0.05) is 31.2 Å². The van der Waals surface area contributed by atoms with Gasteiger partial charge < -0.3 is 15.1 Å². The van der Waals surface area contributed by atoms with Gasteiger partial charge in [0.05, 0.1) is 11.8 Å². The Hall–Kier alpha value is -3.24. The minimum absolute atomic E-state index is 0.305. The molecule has 3 aromatic rings. The van der Waals surface area contributed by atoms with Crippen LogP contribution < -0.4 is 15.1 Å². The van der Waals surface area contributed by atoms with Crippen LogP contribution in [0.3, 0.4) is 0 Å². The van der Waals surface area contributed by atoms with Gasteiger partial charge in [-0.3, -0.25) is 4.79 Å². The van der Waals surface area contributed by atoms with Gasteiger partial charge in [-0.2, -0.15) is 4.98 Å². The molecule has 7 nitrogen and oxygen atoms in total. The number of hydrogen-bond acceptors (Lipinski definition) is 7. The van der Waals surface area contributed by atoms with Crippen molar-refractivity contribution in [1.82, 2.24) is 14.3 Å². The third-order valence-electron chi connectivity index (χ3n) is 5.49. The number of hydrogen-bond donors (Lipinski definition) is 1. The number of likely N-dealkylation sites (N-methyl/N-ethyl adjacent to an activating group) is 2. The number of nitrogens with zero attached hydrogens (tertiary/aromatic N) is 5. The van der Waals surface area contributed by atoms with Crippen molar-refractivity contribution in [3.05, 3.63) is 65.9 Å². The number of rotatable bonds is 6. The Bertz CT molecular complexity index is 1160. The topological polar surface area (TPSA) is 64.6 Å². The number of halogens is 2. The Balaban J connectivity index is 1.63. The van der Waals surface area contributed by atoms with Crippen LogP contribution in [0.25, 0.3) is 0 Å². The minimum Gasteiger partial charge on any atom is -0.342 e. The molecule has 0 saturated heterocycles. The zero-order chi connectivity index (χ0) is 23.7. The van der Waals surface area contributed by atoms with Crippen LogP contribution in [0.2, 0.25) is 0 Å². The van der Waals surface area contributed by atoms with E-state index >= 15 is 0 Å². The van der Waals surface area contributed by atoms with Crippen molar-refractivity contribution in [2.24, 2.45) is 0 Å². The van der Waals surface area contributed by atoms with Gasteiger partial charge in [-0.1, -0.05) is 13.0 Å². The zero-order valence-corrected chi connectivity index (χ0v) is 19.5. The number of anilines is 4. The number of benzene rings is 2. The van der Waals surface area contributed by atoms with Crippen molar-refractivity contribution >= 4 is 41.0 Å². The summed E-state index contributed by atoms with van der Waals surface area (Å²) < 4.78 is 31.1. The number of fused-ring (bicyclic) bond motifs is 1. The number of amides is 1. The summed E-state index contributed by atoms with van der Waals surface area (Å²) in [6.45, 7) is 3.01. The van der Waals surface area contributed by atoms with Crippen LogP contribution in [0.4, 0.5) is 31.9 Å².